The minimum absolute atomic E-state index is 0.474. The highest BCUT2D eigenvalue weighted by Gasteiger charge is 2.45. The molecule has 88 valence electrons. The van der Waals surface area contributed by atoms with Gasteiger partial charge in [0.1, 0.15) is 6.10 Å². The molecule has 0 aromatic rings. The summed E-state index contributed by atoms with van der Waals surface area (Å²) in [5.74, 6) is -1.51. The lowest BCUT2D eigenvalue weighted by Crippen LogP contribution is -2.47. The van der Waals surface area contributed by atoms with E-state index in [2.05, 4.69) is 4.89 Å². The van der Waals surface area contributed by atoms with Crippen LogP contribution in [0, 0.1) is 10.8 Å². The fourth-order valence-corrected chi connectivity index (χ4v) is 0.967. The number of carbonyl (C=O) groups excluding carboxylic acids is 2. The Balaban J connectivity index is 4.93. The molecular formula is C10H18O5. The van der Waals surface area contributed by atoms with Crippen molar-refractivity contribution in [2.45, 2.75) is 40.7 Å². The van der Waals surface area contributed by atoms with E-state index in [4.69, 9.17) is 5.26 Å². The molecule has 0 saturated heterocycles. The van der Waals surface area contributed by atoms with Crippen LogP contribution in [0.25, 0.3) is 0 Å². The van der Waals surface area contributed by atoms with Crippen molar-refractivity contribution in [2.24, 2.45) is 10.8 Å². The summed E-state index contributed by atoms with van der Waals surface area (Å²) in [5, 5.41) is 18.0. The lowest BCUT2D eigenvalue weighted by atomic mass is 9.76. The molecule has 0 aliphatic rings. The zero-order valence-electron chi connectivity index (χ0n) is 9.70. The standard InChI is InChI=1S/C10H18O5/c1-9(2,3)6(11)7(12)10(4,5)8(13)15-14/h7,12,14H,1-5H3. The monoisotopic (exact) mass is 218 g/mol. The van der Waals surface area contributed by atoms with Gasteiger partial charge in [0.2, 0.25) is 0 Å². The molecule has 1 unspecified atom stereocenters. The average molecular weight is 218 g/mol. The Morgan fingerprint density at radius 1 is 1.13 bits per heavy atom. The highest BCUT2D eigenvalue weighted by molar-refractivity contribution is 5.93. The van der Waals surface area contributed by atoms with Crippen LogP contribution in [0.15, 0.2) is 0 Å². The highest BCUT2D eigenvalue weighted by Crippen LogP contribution is 2.28. The minimum atomic E-state index is -1.50. The van der Waals surface area contributed by atoms with Crippen molar-refractivity contribution in [1.29, 1.82) is 0 Å². The lowest BCUT2D eigenvalue weighted by molar-refractivity contribution is -0.248. The molecule has 0 aliphatic carbocycles. The van der Waals surface area contributed by atoms with Gasteiger partial charge in [-0.15, -0.1) is 0 Å². The van der Waals surface area contributed by atoms with Gasteiger partial charge in [0.05, 0.1) is 5.41 Å². The molecule has 0 aromatic heterocycles. The molecule has 5 heteroatoms. The summed E-state index contributed by atoms with van der Waals surface area (Å²) in [7, 11) is 0. The molecule has 0 spiro atoms. The van der Waals surface area contributed by atoms with Gasteiger partial charge in [0.15, 0.2) is 5.78 Å². The van der Waals surface area contributed by atoms with Crippen LogP contribution in [-0.4, -0.2) is 28.2 Å². The van der Waals surface area contributed by atoms with Crippen LogP contribution in [0.1, 0.15) is 34.6 Å². The van der Waals surface area contributed by atoms with Crippen LogP contribution in [0.5, 0.6) is 0 Å². The fourth-order valence-electron chi connectivity index (χ4n) is 0.967. The average Bonchev–Trinajstić information content (AvgIpc) is 2.12. The van der Waals surface area contributed by atoms with Gasteiger partial charge in [-0.25, -0.2) is 4.79 Å². The zero-order chi connectivity index (χ0) is 12.4. The van der Waals surface area contributed by atoms with Crippen molar-refractivity contribution < 1.29 is 24.8 Å². The Kier molecular flexibility index (Phi) is 4.01. The van der Waals surface area contributed by atoms with Crippen molar-refractivity contribution in [3.8, 4) is 0 Å². The second-order valence-electron chi connectivity index (χ2n) is 5.12. The molecule has 0 saturated carbocycles. The van der Waals surface area contributed by atoms with Crippen molar-refractivity contribution >= 4 is 11.8 Å². The first-order valence-corrected chi connectivity index (χ1v) is 4.63. The molecule has 0 radical (unpaired) electrons. The van der Waals surface area contributed by atoms with E-state index >= 15 is 0 Å². The summed E-state index contributed by atoms with van der Waals surface area (Å²) < 4.78 is 0. The Morgan fingerprint density at radius 3 is 1.80 bits per heavy atom. The van der Waals surface area contributed by atoms with Crippen LogP contribution in [0.4, 0.5) is 0 Å². The van der Waals surface area contributed by atoms with Crippen molar-refractivity contribution in [3.63, 3.8) is 0 Å². The Morgan fingerprint density at radius 2 is 1.53 bits per heavy atom. The zero-order valence-corrected chi connectivity index (χ0v) is 9.70. The molecule has 15 heavy (non-hydrogen) atoms. The largest absolute Gasteiger partial charge is 0.384 e. The quantitative estimate of drug-likeness (QED) is 0.545. The first-order valence-electron chi connectivity index (χ1n) is 4.63. The normalized spacial score (nSPS) is 14.6. The number of Topliss-reactive ketones (excluding diaryl/α,β-unsaturated/α-hetero) is 1. The SMILES string of the molecule is CC(C)(C)C(=O)C(O)C(C)(C)C(=O)OO. The van der Waals surface area contributed by atoms with Gasteiger partial charge >= 0.3 is 5.97 Å². The number of aliphatic hydroxyl groups excluding tert-OH is 1. The van der Waals surface area contributed by atoms with Crippen molar-refractivity contribution in [2.75, 3.05) is 0 Å². The van der Waals surface area contributed by atoms with E-state index in [1.165, 1.54) is 13.8 Å². The van der Waals surface area contributed by atoms with Crippen LogP contribution < -0.4 is 0 Å². The van der Waals surface area contributed by atoms with E-state index in [1.807, 2.05) is 0 Å². The fraction of sp³-hybridized carbons (Fsp3) is 0.800. The molecule has 0 fully saturated rings. The number of ketones is 1. The maximum Gasteiger partial charge on any atom is 0.350 e. The Hall–Kier alpha value is -0.940. The summed E-state index contributed by atoms with van der Waals surface area (Å²) in [4.78, 5) is 26.4. The molecule has 0 heterocycles. The molecule has 0 aromatic carbocycles. The second-order valence-corrected chi connectivity index (χ2v) is 5.12. The summed E-state index contributed by atoms with van der Waals surface area (Å²) in [5.41, 5.74) is -2.22. The van der Waals surface area contributed by atoms with Gasteiger partial charge in [-0.3, -0.25) is 4.79 Å². The molecular weight excluding hydrogens is 200 g/mol. The summed E-state index contributed by atoms with van der Waals surface area (Å²) >= 11 is 0. The molecule has 5 nitrogen and oxygen atoms in total. The van der Waals surface area contributed by atoms with Crippen LogP contribution >= 0.6 is 0 Å². The maximum atomic E-state index is 11.7. The van der Waals surface area contributed by atoms with E-state index < -0.39 is 28.7 Å². The number of hydrogen-bond acceptors (Lipinski definition) is 5. The Labute approximate surface area is 89.0 Å². The second kappa shape index (κ2) is 4.28. The van der Waals surface area contributed by atoms with Crippen LogP contribution in [0.3, 0.4) is 0 Å². The topological polar surface area (TPSA) is 83.8 Å². The lowest BCUT2D eigenvalue weighted by Gasteiger charge is -2.30. The van der Waals surface area contributed by atoms with Gasteiger partial charge in [-0.2, -0.15) is 5.26 Å². The number of rotatable bonds is 3. The predicted octanol–water partition coefficient (Wildman–Crippen LogP) is 1.00. The van der Waals surface area contributed by atoms with Crippen LogP contribution in [-0.2, 0) is 14.5 Å². The predicted molar refractivity (Wildman–Crippen MR) is 53.0 cm³/mol. The first-order chi connectivity index (χ1) is 6.55. The first kappa shape index (κ1) is 14.1. The molecule has 1 atom stereocenters. The van der Waals surface area contributed by atoms with Gasteiger partial charge in [-0.1, -0.05) is 20.8 Å². The van der Waals surface area contributed by atoms with E-state index in [1.54, 1.807) is 20.8 Å². The third kappa shape index (κ3) is 3.00. The van der Waals surface area contributed by atoms with Crippen molar-refractivity contribution in [3.05, 3.63) is 0 Å². The van der Waals surface area contributed by atoms with Crippen LogP contribution in [0.2, 0.25) is 0 Å². The van der Waals surface area contributed by atoms with E-state index in [0.717, 1.165) is 0 Å². The number of aliphatic hydroxyl groups is 1. The molecule has 0 bridgehead atoms. The third-order valence-electron chi connectivity index (χ3n) is 2.28. The van der Waals surface area contributed by atoms with E-state index in [0.29, 0.717) is 0 Å². The number of hydrogen-bond donors (Lipinski definition) is 2. The molecule has 2 N–H and O–H groups in total. The summed E-state index contributed by atoms with van der Waals surface area (Å²) in [6.45, 7) is 7.58. The summed E-state index contributed by atoms with van der Waals surface area (Å²) in [6.07, 6.45) is -1.50. The molecule has 0 amide bonds. The molecule has 0 aliphatic heterocycles. The summed E-state index contributed by atoms with van der Waals surface area (Å²) in [6, 6.07) is 0. The highest BCUT2D eigenvalue weighted by atomic mass is 17.1. The van der Waals surface area contributed by atoms with E-state index in [9.17, 15) is 14.7 Å². The van der Waals surface area contributed by atoms with Gasteiger partial charge in [0, 0.05) is 5.41 Å². The maximum absolute atomic E-state index is 11.7. The van der Waals surface area contributed by atoms with Crippen molar-refractivity contribution in [1.82, 2.24) is 0 Å². The smallest absolute Gasteiger partial charge is 0.350 e. The minimum Gasteiger partial charge on any atom is -0.384 e. The van der Waals surface area contributed by atoms with Gasteiger partial charge in [0.25, 0.3) is 0 Å². The van der Waals surface area contributed by atoms with E-state index in [-0.39, 0.29) is 0 Å². The van der Waals surface area contributed by atoms with Gasteiger partial charge < -0.3 is 9.99 Å². The molecule has 0 rings (SSSR count). The number of carbonyl (C=O) groups is 2. The third-order valence-corrected chi connectivity index (χ3v) is 2.28. The van der Waals surface area contributed by atoms with Gasteiger partial charge in [-0.05, 0) is 13.8 Å². The Bertz CT molecular complexity index is 261.